The number of para-hydroxylation sites is 1. The maximum atomic E-state index is 9.00. The summed E-state index contributed by atoms with van der Waals surface area (Å²) in [6.45, 7) is 8.59. The van der Waals surface area contributed by atoms with Gasteiger partial charge in [-0.2, -0.15) is 0 Å². The molecule has 206 valence electrons. The standard InChI is InChI=1S/C16H21O3P.C12H10N.CH3O2S.Pd/c1-13-10-14(2)18-15(3,11-13)20(16(4,17-13)19-14)12-8-6-5-7-9-12;13-12-9-5-4-8-11(12)10-6-2-1-3-7-10;1-4(2)3;/h5-9H,10-11H2,1-4H3;1-6,8-9H,13H2;1H3;/q;2*-1;+2/t13-,14+,15-,16+,20?;;;/m0.../s1. The van der Waals surface area contributed by atoms with Crippen molar-refractivity contribution in [2.75, 3.05) is 12.0 Å². The summed E-state index contributed by atoms with van der Waals surface area (Å²) in [5, 5.41) is 1.11. The van der Waals surface area contributed by atoms with E-state index in [9.17, 15) is 0 Å². The Morgan fingerprint density at radius 3 is 2.00 bits per heavy atom. The minimum Gasteiger partial charge on any atom is -0.424 e. The first kappa shape index (κ1) is 30.9. The average Bonchev–Trinajstić information content (AvgIpc) is 2.77. The van der Waals surface area contributed by atoms with Gasteiger partial charge in [0, 0.05) is 20.8 Å². The molecule has 0 aliphatic carbocycles. The molecular formula is C29H34NO5PPdS. The second-order valence-electron chi connectivity index (χ2n) is 10.3. The molecule has 7 rings (SSSR count). The quantitative estimate of drug-likeness (QED) is 0.118. The van der Waals surface area contributed by atoms with E-state index in [1.165, 1.54) is 5.30 Å². The molecule has 4 aliphatic heterocycles. The van der Waals surface area contributed by atoms with E-state index in [1.807, 2.05) is 54.6 Å². The van der Waals surface area contributed by atoms with Crippen molar-refractivity contribution in [1.29, 1.82) is 0 Å². The summed E-state index contributed by atoms with van der Waals surface area (Å²) in [6.07, 6.45) is 2.83. The normalized spacial score (nSPS) is 32.3. The summed E-state index contributed by atoms with van der Waals surface area (Å²) in [7, 11) is -2.56. The third-order valence-corrected chi connectivity index (χ3v) is 9.53. The number of ether oxygens (including phenoxy) is 3. The SMILES string of the molecule is C[C@@]12C[C@@]3(C)O[C@@](C)(O1)P(c1ccccc1)[C@@](C)(C2)O3.C[S-](=O)=O.Nc1ccccc1-c1[c-]cccc1.[Pd+2]. The van der Waals surface area contributed by atoms with Gasteiger partial charge < -0.3 is 28.4 Å². The zero-order valence-electron chi connectivity index (χ0n) is 22.2. The fourth-order valence-corrected chi connectivity index (χ4v) is 9.73. The number of benzene rings is 3. The summed E-state index contributed by atoms with van der Waals surface area (Å²) >= 11 is 0. The van der Waals surface area contributed by atoms with Gasteiger partial charge in [0.2, 0.25) is 0 Å². The van der Waals surface area contributed by atoms with E-state index >= 15 is 0 Å². The Morgan fingerprint density at radius 2 is 1.45 bits per heavy atom. The molecule has 4 fully saturated rings. The second-order valence-corrected chi connectivity index (χ2v) is 14.0. The molecule has 38 heavy (non-hydrogen) atoms. The van der Waals surface area contributed by atoms with Crippen molar-refractivity contribution in [1.82, 2.24) is 0 Å². The molecule has 0 saturated carbocycles. The Bertz CT molecular complexity index is 1250. The van der Waals surface area contributed by atoms with Crippen LogP contribution in [0.5, 0.6) is 0 Å². The number of anilines is 1. The van der Waals surface area contributed by atoms with Crippen LogP contribution in [0, 0.1) is 6.07 Å². The van der Waals surface area contributed by atoms with Gasteiger partial charge in [0.15, 0.2) is 11.3 Å². The summed E-state index contributed by atoms with van der Waals surface area (Å²) in [5.74, 6) is -0.512. The van der Waals surface area contributed by atoms with E-state index in [-0.39, 0.29) is 31.4 Å². The number of hydrogen-bond donors (Lipinski definition) is 1. The van der Waals surface area contributed by atoms with Crippen LogP contribution >= 0.6 is 7.92 Å². The van der Waals surface area contributed by atoms with Crippen molar-refractivity contribution >= 4 is 29.6 Å². The van der Waals surface area contributed by atoms with Crippen LogP contribution in [0.15, 0.2) is 78.9 Å². The Hall–Kier alpha value is -1.62. The predicted octanol–water partition coefficient (Wildman–Crippen LogP) is 6.19. The molecule has 4 bridgehead atoms. The van der Waals surface area contributed by atoms with Crippen molar-refractivity contribution in [3.05, 3.63) is 84.9 Å². The minimum absolute atomic E-state index is 0. The van der Waals surface area contributed by atoms with E-state index in [2.05, 4.69) is 58.0 Å². The van der Waals surface area contributed by atoms with Crippen molar-refractivity contribution in [3.63, 3.8) is 0 Å². The van der Waals surface area contributed by atoms with Gasteiger partial charge in [0.25, 0.3) is 0 Å². The topological polar surface area (TPSA) is 87.9 Å². The van der Waals surface area contributed by atoms with Crippen LogP contribution in [-0.4, -0.2) is 28.5 Å². The third-order valence-electron chi connectivity index (χ3n) is 6.53. The van der Waals surface area contributed by atoms with E-state index in [0.29, 0.717) is 0 Å². The van der Waals surface area contributed by atoms with E-state index in [0.717, 1.165) is 35.9 Å². The molecule has 4 aliphatic rings. The van der Waals surface area contributed by atoms with Gasteiger partial charge in [-0.05, 0) is 44.8 Å². The summed E-state index contributed by atoms with van der Waals surface area (Å²) in [6, 6.07) is 29.3. The van der Waals surface area contributed by atoms with Gasteiger partial charge in [-0.3, -0.25) is 0 Å². The van der Waals surface area contributed by atoms with Crippen molar-refractivity contribution in [2.45, 2.75) is 62.8 Å². The molecule has 1 unspecified atom stereocenters. The van der Waals surface area contributed by atoms with Crippen molar-refractivity contribution in [3.8, 4) is 11.1 Å². The largest absolute Gasteiger partial charge is 2.00 e. The Balaban J connectivity index is 0.000000193. The zero-order valence-corrected chi connectivity index (χ0v) is 25.5. The van der Waals surface area contributed by atoms with Gasteiger partial charge in [-0.15, -0.1) is 35.9 Å². The smallest absolute Gasteiger partial charge is 0.424 e. The van der Waals surface area contributed by atoms with Crippen LogP contribution in [0.25, 0.3) is 11.1 Å². The average molecular weight is 646 g/mol. The fraction of sp³-hybridized carbons (Fsp3) is 0.379. The molecule has 9 heteroatoms. The van der Waals surface area contributed by atoms with Crippen LogP contribution in [0.4, 0.5) is 5.69 Å². The Labute approximate surface area is 242 Å². The maximum absolute atomic E-state index is 9.00. The molecule has 4 heterocycles. The number of nitrogen functional groups attached to an aromatic ring is 1. The molecule has 3 aromatic rings. The van der Waals surface area contributed by atoms with E-state index in [1.54, 1.807) is 0 Å². The molecule has 3 aromatic carbocycles. The number of rotatable bonds is 2. The molecule has 0 radical (unpaired) electrons. The molecule has 0 amide bonds. The van der Waals surface area contributed by atoms with Crippen LogP contribution in [0.2, 0.25) is 0 Å². The number of nitrogens with two attached hydrogens (primary N) is 1. The monoisotopic (exact) mass is 645 g/mol. The van der Waals surface area contributed by atoms with Crippen molar-refractivity contribution in [2.24, 2.45) is 0 Å². The Morgan fingerprint density at radius 1 is 0.842 bits per heavy atom. The third kappa shape index (κ3) is 6.74. The maximum Gasteiger partial charge on any atom is 2.00 e. The first-order valence-electron chi connectivity index (χ1n) is 12.2. The van der Waals surface area contributed by atoms with Gasteiger partial charge in [0.1, 0.15) is 0 Å². The van der Waals surface area contributed by atoms with Crippen LogP contribution in [0.3, 0.4) is 0 Å². The molecular weight excluding hydrogens is 612 g/mol. The fourth-order valence-electron chi connectivity index (χ4n) is 6.01. The van der Waals surface area contributed by atoms with Gasteiger partial charge >= 0.3 is 20.4 Å². The van der Waals surface area contributed by atoms with Gasteiger partial charge in [0.05, 0.1) is 10.9 Å². The molecule has 2 N–H and O–H groups in total. The minimum atomic E-state index is -1.86. The molecule has 5 atom stereocenters. The van der Waals surface area contributed by atoms with Crippen LogP contribution in [-0.2, 0) is 53.8 Å². The second kappa shape index (κ2) is 11.9. The summed E-state index contributed by atoms with van der Waals surface area (Å²) < 4.78 is 37.1. The van der Waals surface area contributed by atoms with Gasteiger partial charge in [-0.25, -0.2) is 0 Å². The zero-order chi connectivity index (χ0) is 26.9. The molecule has 4 saturated heterocycles. The molecule has 0 aromatic heterocycles. The van der Waals surface area contributed by atoms with Gasteiger partial charge in [-0.1, -0.05) is 71.1 Å². The van der Waals surface area contributed by atoms with E-state index < -0.39 is 29.9 Å². The first-order chi connectivity index (χ1) is 17.4. The van der Waals surface area contributed by atoms with Crippen LogP contribution in [0.1, 0.15) is 40.5 Å². The summed E-state index contributed by atoms with van der Waals surface area (Å²) in [4.78, 5) is 0. The molecule has 6 nitrogen and oxygen atoms in total. The van der Waals surface area contributed by atoms with Crippen LogP contribution < -0.4 is 11.0 Å². The first-order valence-corrected chi connectivity index (χ1v) is 15.0. The molecule has 0 spiro atoms. The predicted molar refractivity (Wildman–Crippen MR) is 149 cm³/mol. The summed E-state index contributed by atoms with van der Waals surface area (Å²) in [5.41, 5.74) is 8.03. The van der Waals surface area contributed by atoms with E-state index in [4.69, 9.17) is 28.4 Å². The Kier molecular flexibility index (Phi) is 9.65. The van der Waals surface area contributed by atoms with Crippen molar-refractivity contribution < 1.29 is 43.1 Å². The number of hydrogen-bond acceptors (Lipinski definition) is 7.